The predicted octanol–water partition coefficient (Wildman–Crippen LogP) is 2.15. The number of alkyl carbamates (subject to hydrolysis) is 1. The minimum absolute atomic E-state index is 0.262. The van der Waals surface area contributed by atoms with Crippen LogP contribution in [0.2, 0.25) is 0 Å². The van der Waals surface area contributed by atoms with Crippen molar-refractivity contribution in [1.82, 2.24) is 10.3 Å². The molecule has 1 aromatic heterocycles. The molecule has 1 N–H and O–H groups in total. The van der Waals surface area contributed by atoms with Crippen molar-refractivity contribution in [2.75, 3.05) is 6.61 Å². The molecule has 0 bridgehead atoms. The second kappa shape index (κ2) is 5.49. The molecule has 0 saturated heterocycles. The van der Waals surface area contributed by atoms with E-state index in [1.165, 1.54) is 0 Å². The molecular weight excluding hydrogens is 204 g/mol. The van der Waals surface area contributed by atoms with Gasteiger partial charge in [-0.3, -0.25) is 4.98 Å². The summed E-state index contributed by atoms with van der Waals surface area (Å²) in [5.74, 6) is 0. The highest BCUT2D eigenvalue weighted by atomic mass is 16.5. The number of rotatable bonds is 3. The average Bonchev–Trinajstić information content (AvgIpc) is 2.16. The summed E-state index contributed by atoms with van der Waals surface area (Å²) in [4.78, 5) is 15.4. The Morgan fingerprint density at radius 1 is 1.44 bits per heavy atom. The highest BCUT2D eigenvalue weighted by Crippen LogP contribution is 2.00. The van der Waals surface area contributed by atoms with Crippen molar-refractivity contribution in [2.24, 2.45) is 0 Å². The van der Waals surface area contributed by atoms with Gasteiger partial charge < -0.3 is 10.1 Å². The number of aromatic nitrogens is 1. The van der Waals surface area contributed by atoms with Gasteiger partial charge in [0, 0.05) is 23.9 Å². The molecule has 1 rings (SSSR count). The molecule has 4 nitrogen and oxygen atoms in total. The molecule has 0 aliphatic heterocycles. The summed E-state index contributed by atoms with van der Waals surface area (Å²) in [7, 11) is 0. The number of carbonyl (C=O) groups excluding carboxylic acids is 1. The van der Waals surface area contributed by atoms with Gasteiger partial charge in [0.15, 0.2) is 0 Å². The SMILES string of the molecule is CC(C)(C)NC(=O)OCCc1ccccn1. The van der Waals surface area contributed by atoms with E-state index in [0.29, 0.717) is 13.0 Å². The van der Waals surface area contributed by atoms with Crippen molar-refractivity contribution >= 4 is 6.09 Å². The Hall–Kier alpha value is -1.58. The zero-order valence-corrected chi connectivity index (χ0v) is 9.99. The normalized spacial score (nSPS) is 10.9. The predicted molar refractivity (Wildman–Crippen MR) is 62.2 cm³/mol. The molecule has 0 fully saturated rings. The van der Waals surface area contributed by atoms with E-state index in [1.807, 2.05) is 39.0 Å². The Bertz CT molecular complexity index is 331. The lowest BCUT2D eigenvalue weighted by atomic mass is 10.1. The van der Waals surface area contributed by atoms with Crippen LogP contribution in [-0.2, 0) is 11.2 Å². The van der Waals surface area contributed by atoms with E-state index in [-0.39, 0.29) is 11.6 Å². The minimum Gasteiger partial charge on any atom is -0.449 e. The molecule has 0 unspecified atom stereocenters. The second-order valence-corrected chi connectivity index (χ2v) is 4.58. The molecule has 1 amide bonds. The lowest BCUT2D eigenvalue weighted by Crippen LogP contribution is -2.41. The molecule has 0 spiro atoms. The van der Waals surface area contributed by atoms with E-state index >= 15 is 0 Å². The molecule has 0 saturated carbocycles. The Morgan fingerprint density at radius 3 is 2.75 bits per heavy atom. The van der Waals surface area contributed by atoms with Crippen LogP contribution in [0.1, 0.15) is 26.5 Å². The van der Waals surface area contributed by atoms with Crippen molar-refractivity contribution < 1.29 is 9.53 Å². The molecule has 0 aromatic carbocycles. The third kappa shape index (κ3) is 5.34. The molecule has 1 heterocycles. The van der Waals surface area contributed by atoms with E-state index in [0.717, 1.165) is 5.69 Å². The van der Waals surface area contributed by atoms with Crippen LogP contribution in [-0.4, -0.2) is 23.2 Å². The number of nitrogens with zero attached hydrogens (tertiary/aromatic N) is 1. The number of nitrogens with one attached hydrogen (secondary N) is 1. The number of carbonyl (C=O) groups is 1. The Kier molecular flexibility index (Phi) is 4.28. The number of ether oxygens (including phenoxy) is 1. The molecule has 88 valence electrons. The molecule has 0 radical (unpaired) electrons. The van der Waals surface area contributed by atoms with Crippen LogP contribution in [0.3, 0.4) is 0 Å². The van der Waals surface area contributed by atoms with Crippen LogP contribution < -0.4 is 5.32 Å². The van der Waals surface area contributed by atoms with E-state index in [4.69, 9.17) is 4.74 Å². The quantitative estimate of drug-likeness (QED) is 0.852. The third-order valence-corrected chi connectivity index (χ3v) is 1.79. The van der Waals surface area contributed by atoms with Crippen LogP contribution >= 0.6 is 0 Å². The average molecular weight is 222 g/mol. The lowest BCUT2D eigenvalue weighted by Gasteiger charge is -2.19. The maximum atomic E-state index is 11.3. The molecular formula is C12H18N2O2. The van der Waals surface area contributed by atoms with Crippen molar-refractivity contribution in [2.45, 2.75) is 32.7 Å². The van der Waals surface area contributed by atoms with Crippen LogP contribution in [0.15, 0.2) is 24.4 Å². The van der Waals surface area contributed by atoms with Gasteiger partial charge in [-0.2, -0.15) is 0 Å². The largest absolute Gasteiger partial charge is 0.449 e. The van der Waals surface area contributed by atoms with Gasteiger partial charge in [-0.1, -0.05) is 6.07 Å². The Balaban J connectivity index is 2.24. The number of pyridine rings is 1. The maximum absolute atomic E-state index is 11.3. The maximum Gasteiger partial charge on any atom is 0.407 e. The van der Waals surface area contributed by atoms with Crippen LogP contribution in [0, 0.1) is 0 Å². The zero-order valence-electron chi connectivity index (χ0n) is 9.99. The minimum atomic E-state index is -0.386. The van der Waals surface area contributed by atoms with Crippen molar-refractivity contribution in [3.05, 3.63) is 30.1 Å². The fourth-order valence-corrected chi connectivity index (χ4v) is 1.14. The first-order valence-electron chi connectivity index (χ1n) is 5.32. The summed E-state index contributed by atoms with van der Waals surface area (Å²) in [6, 6.07) is 5.68. The molecule has 0 aliphatic carbocycles. The topological polar surface area (TPSA) is 51.2 Å². The monoisotopic (exact) mass is 222 g/mol. The highest BCUT2D eigenvalue weighted by Gasteiger charge is 2.14. The van der Waals surface area contributed by atoms with Crippen molar-refractivity contribution in [3.63, 3.8) is 0 Å². The van der Waals surface area contributed by atoms with Gasteiger partial charge in [-0.15, -0.1) is 0 Å². The Labute approximate surface area is 96.0 Å². The number of hydrogen-bond donors (Lipinski definition) is 1. The zero-order chi connectivity index (χ0) is 12.0. The first-order chi connectivity index (χ1) is 7.47. The third-order valence-electron chi connectivity index (χ3n) is 1.79. The molecule has 16 heavy (non-hydrogen) atoms. The summed E-state index contributed by atoms with van der Waals surface area (Å²) < 4.78 is 5.03. The fourth-order valence-electron chi connectivity index (χ4n) is 1.14. The van der Waals surface area contributed by atoms with Gasteiger partial charge in [0.2, 0.25) is 0 Å². The van der Waals surface area contributed by atoms with Crippen molar-refractivity contribution in [1.29, 1.82) is 0 Å². The summed E-state index contributed by atoms with van der Waals surface area (Å²) in [5.41, 5.74) is 0.660. The molecule has 0 aliphatic rings. The first-order valence-corrected chi connectivity index (χ1v) is 5.32. The smallest absolute Gasteiger partial charge is 0.407 e. The summed E-state index contributed by atoms with van der Waals surface area (Å²) in [6.07, 6.45) is 1.98. The van der Waals surface area contributed by atoms with E-state index < -0.39 is 0 Å². The summed E-state index contributed by atoms with van der Waals surface area (Å²) in [5, 5.41) is 2.72. The molecule has 0 atom stereocenters. The lowest BCUT2D eigenvalue weighted by molar-refractivity contribution is 0.138. The number of hydrogen-bond acceptors (Lipinski definition) is 3. The summed E-state index contributed by atoms with van der Waals surface area (Å²) in [6.45, 7) is 6.08. The van der Waals surface area contributed by atoms with Gasteiger partial charge in [0.05, 0.1) is 6.61 Å². The van der Waals surface area contributed by atoms with Crippen LogP contribution in [0.25, 0.3) is 0 Å². The van der Waals surface area contributed by atoms with Crippen LogP contribution in [0.5, 0.6) is 0 Å². The standard InChI is InChI=1S/C12H18N2O2/c1-12(2,3)14-11(15)16-9-7-10-6-4-5-8-13-10/h4-6,8H,7,9H2,1-3H3,(H,14,15). The van der Waals surface area contributed by atoms with Gasteiger partial charge in [0.1, 0.15) is 0 Å². The van der Waals surface area contributed by atoms with Gasteiger partial charge in [-0.25, -0.2) is 4.79 Å². The van der Waals surface area contributed by atoms with Gasteiger partial charge >= 0.3 is 6.09 Å². The summed E-state index contributed by atoms with van der Waals surface area (Å²) >= 11 is 0. The Morgan fingerprint density at radius 2 is 2.19 bits per heavy atom. The van der Waals surface area contributed by atoms with Gasteiger partial charge in [-0.05, 0) is 32.9 Å². The highest BCUT2D eigenvalue weighted by molar-refractivity contribution is 5.68. The first kappa shape index (κ1) is 12.5. The van der Waals surface area contributed by atoms with Gasteiger partial charge in [0.25, 0.3) is 0 Å². The second-order valence-electron chi connectivity index (χ2n) is 4.58. The molecule has 1 aromatic rings. The fraction of sp³-hybridized carbons (Fsp3) is 0.500. The van der Waals surface area contributed by atoms with E-state index in [1.54, 1.807) is 6.20 Å². The van der Waals surface area contributed by atoms with E-state index in [9.17, 15) is 4.79 Å². The van der Waals surface area contributed by atoms with Crippen molar-refractivity contribution in [3.8, 4) is 0 Å². The van der Waals surface area contributed by atoms with E-state index in [2.05, 4.69) is 10.3 Å². The van der Waals surface area contributed by atoms with Crippen LogP contribution in [0.4, 0.5) is 4.79 Å². The molecule has 4 heteroatoms. The number of amides is 1.